The zero-order valence-corrected chi connectivity index (χ0v) is 7.38. The predicted octanol–water partition coefficient (Wildman–Crippen LogP) is 0.0208. The number of carbonyl (C=O) groups is 1. The summed E-state index contributed by atoms with van der Waals surface area (Å²) in [5.74, 6) is -1.00. The summed E-state index contributed by atoms with van der Waals surface area (Å²) in [5.41, 5.74) is 10.4. The molecule has 5 N–H and O–H groups in total. The van der Waals surface area contributed by atoms with Gasteiger partial charge in [-0.25, -0.2) is 0 Å². The molecule has 0 bridgehead atoms. The average molecular weight is 188 g/mol. The highest BCUT2D eigenvalue weighted by atomic mass is 32.1. The van der Waals surface area contributed by atoms with E-state index in [0.29, 0.717) is 17.8 Å². The second kappa shape index (κ2) is 5.68. The molecule has 0 aliphatic rings. The van der Waals surface area contributed by atoms with E-state index in [4.69, 9.17) is 16.6 Å². The van der Waals surface area contributed by atoms with Gasteiger partial charge in [-0.3, -0.25) is 4.79 Å². The van der Waals surface area contributed by atoms with Gasteiger partial charge in [0, 0.05) is 6.42 Å². The maximum atomic E-state index is 10.2. The molecule has 0 aromatic heterocycles. The van der Waals surface area contributed by atoms with Gasteiger partial charge in [-0.2, -0.15) is 0 Å². The van der Waals surface area contributed by atoms with Crippen molar-refractivity contribution in [3.05, 3.63) is 12.2 Å². The minimum Gasteiger partial charge on any atom is -0.480 e. The molecule has 0 aromatic carbocycles. The second-order valence-corrected chi connectivity index (χ2v) is 2.85. The Labute approximate surface area is 76.2 Å². The van der Waals surface area contributed by atoms with Crippen LogP contribution in [-0.4, -0.2) is 22.1 Å². The van der Waals surface area contributed by atoms with E-state index >= 15 is 0 Å². The molecule has 0 heterocycles. The molecule has 68 valence electrons. The lowest BCUT2D eigenvalue weighted by Crippen LogP contribution is -2.29. The molecule has 1 atom stereocenters. The molecule has 0 aliphatic heterocycles. The first-order chi connectivity index (χ1) is 5.54. The molecule has 0 amide bonds. The van der Waals surface area contributed by atoms with E-state index in [0.717, 1.165) is 0 Å². The Morgan fingerprint density at radius 3 is 2.58 bits per heavy atom. The van der Waals surface area contributed by atoms with Crippen LogP contribution in [0, 0.1) is 0 Å². The molecule has 0 spiro atoms. The first kappa shape index (κ1) is 11.1. The fourth-order valence-electron chi connectivity index (χ4n) is 0.543. The van der Waals surface area contributed by atoms with Crippen LogP contribution in [0.4, 0.5) is 0 Å². The van der Waals surface area contributed by atoms with Crippen LogP contribution in [0.2, 0.25) is 0 Å². The molecule has 0 unspecified atom stereocenters. The van der Waals surface area contributed by atoms with Crippen LogP contribution in [0.1, 0.15) is 12.8 Å². The lowest BCUT2D eigenvalue weighted by molar-refractivity contribution is -0.138. The monoisotopic (exact) mass is 188 g/mol. The number of hydrogen-bond acceptors (Lipinski definition) is 3. The molecule has 5 heteroatoms. The van der Waals surface area contributed by atoms with E-state index in [9.17, 15) is 4.79 Å². The molecule has 4 nitrogen and oxygen atoms in total. The zero-order valence-electron chi connectivity index (χ0n) is 6.56. The van der Waals surface area contributed by atoms with Crippen molar-refractivity contribution in [3.63, 3.8) is 0 Å². The lowest BCUT2D eigenvalue weighted by Gasteiger charge is -1.99. The summed E-state index contributed by atoms with van der Waals surface area (Å²) >= 11 is 4.61. The average Bonchev–Trinajstić information content (AvgIpc) is 1.97. The molecule has 0 saturated heterocycles. The van der Waals surface area contributed by atoms with Crippen molar-refractivity contribution in [3.8, 4) is 0 Å². The Bertz CT molecular complexity index is 204. The normalized spacial score (nSPS) is 13.1. The zero-order chi connectivity index (χ0) is 9.56. The molecular formula is C7H12N2O2S. The van der Waals surface area contributed by atoms with Crippen molar-refractivity contribution >= 4 is 23.2 Å². The van der Waals surface area contributed by atoms with E-state index in [1.165, 1.54) is 0 Å². The molecule has 0 rings (SSSR count). The Hall–Kier alpha value is -0.940. The molecule has 0 saturated carbocycles. The number of carboxylic acids is 1. The number of rotatable bonds is 5. The van der Waals surface area contributed by atoms with Crippen LogP contribution < -0.4 is 11.5 Å². The maximum Gasteiger partial charge on any atom is 0.320 e. The van der Waals surface area contributed by atoms with Gasteiger partial charge in [0.2, 0.25) is 0 Å². The highest BCUT2D eigenvalue weighted by Gasteiger charge is 2.07. The first-order valence-electron chi connectivity index (χ1n) is 3.45. The summed E-state index contributed by atoms with van der Waals surface area (Å²) in [5, 5.41) is 8.38. The van der Waals surface area contributed by atoms with Gasteiger partial charge in [0.25, 0.3) is 0 Å². The van der Waals surface area contributed by atoms with Gasteiger partial charge in [-0.05, 0) is 6.42 Å². The molecular weight excluding hydrogens is 176 g/mol. The van der Waals surface area contributed by atoms with E-state index in [1.807, 2.05) is 0 Å². The molecule has 12 heavy (non-hydrogen) atoms. The van der Waals surface area contributed by atoms with Gasteiger partial charge in [0.05, 0.1) is 4.99 Å². The van der Waals surface area contributed by atoms with Crippen LogP contribution in [0.15, 0.2) is 12.2 Å². The van der Waals surface area contributed by atoms with Gasteiger partial charge in [0.1, 0.15) is 6.04 Å². The smallest absolute Gasteiger partial charge is 0.320 e. The topological polar surface area (TPSA) is 89.3 Å². The quantitative estimate of drug-likeness (QED) is 0.418. The summed E-state index contributed by atoms with van der Waals surface area (Å²) < 4.78 is 0. The van der Waals surface area contributed by atoms with Gasteiger partial charge < -0.3 is 16.6 Å². The minimum atomic E-state index is -1.00. The fraction of sp³-hybridized carbons (Fsp3) is 0.429. The number of thiocarbonyl (C=S) groups is 1. The van der Waals surface area contributed by atoms with E-state index in [-0.39, 0.29) is 0 Å². The van der Waals surface area contributed by atoms with E-state index in [2.05, 4.69) is 12.2 Å². The van der Waals surface area contributed by atoms with Crippen LogP contribution in [0.5, 0.6) is 0 Å². The van der Waals surface area contributed by atoms with Crippen LogP contribution in [0.3, 0.4) is 0 Å². The van der Waals surface area contributed by atoms with Gasteiger partial charge in [0.15, 0.2) is 0 Å². The van der Waals surface area contributed by atoms with E-state index < -0.39 is 12.0 Å². The molecule has 0 aromatic rings. The van der Waals surface area contributed by atoms with Crippen molar-refractivity contribution in [2.75, 3.05) is 0 Å². The first-order valence-corrected chi connectivity index (χ1v) is 3.86. The van der Waals surface area contributed by atoms with Gasteiger partial charge >= 0.3 is 5.97 Å². The van der Waals surface area contributed by atoms with Crippen molar-refractivity contribution in [1.82, 2.24) is 0 Å². The number of aliphatic carboxylic acids is 1. The Morgan fingerprint density at radius 1 is 1.58 bits per heavy atom. The van der Waals surface area contributed by atoms with Crippen molar-refractivity contribution < 1.29 is 9.90 Å². The SMILES string of the molecule is NC(=S)C/C=C\C[C@H](N)C(=O)O. The summed E-state index contributed by atoms with van der Waals surface area (Å²) in [4.78, 5) is 10.6. The Kier molecular flexibility index (Phi) is 5.23. The number of carboxylic acid groups (broad SMARTS) is 1. The third-order valence-corrected chi connectivity index (χ3v) is 1.36. The number of nitrogens with two attached hydrogens (primary N) is 2. The largest absolute Gasteiger partial charge is 0.480 e. The minimum absolute atomic E-state index is 0.304. The Morgan fingerprint density at radius 2 is 2.17 bits per heavy atom. The molecule has 0 fully saturated rings. The van der Waals surface area contributed by atoms with Crippen LogP contribution in [0.25, 0.3) is 0 Å². The predicted molar refractivity (Wildman–Crippen MR) is 50.8 cm³/mol. The van der Waals surface area contributed by atoms with Crippen molar-refractivity contribution in [2.24, 2.45) is 11.5 Å². The Balaban J connectivity index is 3.60. The maximum absolute atomic E-state index is 10.2. The highest BCUT2D eigenvalue weighted by molar-refractivity contribution is 7.80. The molecule has 0 aliphatic carbocycles. The summed E-state index contributed by atoms with van der Waals surface area (Å²) in [6, 6.07) is -0.840. The lowest BCUT2D eigenvalue weighted by atomic mass is 10.2. The third-order valence-electron chi connectivity index (χ3n) is 1.19. The summed E-state index contributed by atoms with van der Waals surface area (Å²) in [6.07, 6.45) is 4.17. The summed E-state index contributed by atoms with van der Waals surface area (Å²) in [6.45, 7) is 0. The van der Waals surface area contributed by atoms with E-state index in [1.54, 1.807) is 12.2 Å². The van der Waals surface area contributed by atoms with Gasteiger partial charge in [-0.1, -0.05) is 24.4 Å². The standard InChI is InChI=1S/C7H12N2O2S/c8-5(7(10)11)3-1-2-4-6(9)12/h1-2,5H,3-4,8H2,(H2,9,12)(H,10,11)/b2-1-/t5-/m0/s1. The summed E-state index contributed by atoms with van der Waals surface area (Å²) in [7, 11) is 0. The molecule has 0 radical (unpaired) electrons. The van der Waals surface area contributed by atoms with Crippen molar-refractivity contribution in [1.29, 1.82) is 0 Å². The second-order valence-electron chi connectivity index (χ2n) is 2.32. The number of hydrogen-bond donors (Lipinski definition) is 3. The fourth-order valence-corrected chi connectivity index (χ4v) is 0.639. The van der Waals surface area contributed by atoms with Gasteiger partial charge in [-0.15, -0.1) is 0 Å². The van der Waals surface area contributed by atoms with Crippen molar-refractivity contribution in [2.45, 2.75) is 18.9 Å². The van der Waals surface area contributed by atoms with Crippen LogP contribution in [-0.2, 0) is 4.79 Å². The van der Waals surface area contributed by atoms with Crippen LogP contribution >= 0.6 is 12.2 Å². The highest BCUT2D eigenvalue weighted by Crippen LogP contribution is 1.92. The third kappa shape index (κ3) is 5.82.